The number of carbonyl (C=O) groups excluding carboxylic acids is 2. The number of aromatic nitrogens is 2. The van der Waals surface area contributed by atoms with Crippen molar-refractivity contribution in [2.24, 2.45) is 5.92 Å². The SMILES string of the molecule is CC(C)CCOc1cccc(C2C(C(=O)/C=C/c3ccccc3)=C(O)C(=O)N2c2nnc(SCc3ccccc3)s2)c1. The van der Waals surface area contributed by atoms with Gasteiger partial charge in [-0.2, -0.15) is 0 Å². The summed E-state index contributed by atoms with van der Waals surface area (Å²) in [6.07, 6.45) is 3.94. The van der Waals surface area contributed by atoms with Gasteiger partial charge in [0.05, 0.1) is 18.2 Å². The van der Waals surface area contributed by atoms with Crippen molar-refractivity contribution < 1.29 is 19.4 Å². The number of hydrogen-bond donors (Lipinski definition) is 1. The van der Waals surface area contributed by atoms with E-state index in [9.17, 15) is 14.7 Å². The largest absolute Gasteiger partial charge is 0.503 e. The quantitative estimate of drug-likeness (QED) is 0.103. The topological polar surface area (TPSA) is 92.6 Å². The second-order valence-electron chi connectivity index (χ2n) is 10.2. The minimum atomic E-state index is -0.904. The van der Waals surface area contributed by atoms with Crippen molar-refractivity contribution in [3.05, 3.63) is 119 Å². The zero-order valence-electron chi connectivity index (χ0n) is 23.3. The molecule has 0 aliphatic carbocycles. The van der Waals surface area contributed by atoms with E-state index in [0.717, 1.165) is 17.5 Å². The van der Waals surface area contributed by atoms with Crippen LogP contribution in [0.3, 0.4) is 0 Å². The third-order valence-electron chi connectivity index (χ3n) is 6.65. The Labute approximate surface area is 253 Å². The average molecular weight is 598 g/mol. The molecule has 0 bridgehead atoms. The summed E-state index contributed by atoms with van der Waals surface area (Å²) in [6.45, 7) is 4.80. The second-order valence-corrected chi connectivity index (χ2v) is 12.4. The summed E-state index contributed by atoms with van der Waals surface area (Å²) in [5.41, 5.74) is 2.58. The van der Waals surface area contributed by atoms with Gasteiger partial charge in [-0.25, -0.2) is 0 Å². The molecule has 1 N–H and O–H groups in total. The maximum absolute atomic E-state index is 13.6. The summed E-state index contributed by atoms with van der Waals surface area (Å²) in [4.78, 5) is 28.5. The molecule has 5 rings (SSSR count). The lowest BCUT2D eigenvalue weighted by Gasteiger charge is -2.24. The summed E-state index contributed by atoms with van der Waals surface area (Å²) >= 11 is 2.76. The molecule has 7 nitrogen and oxygen atoms in total. The fourth-order valence-corrected chi connectivity index (χ4v) is 6.28. The molecular formula is C33H31N3O4S2. The molecule has 1 aromatic heterocycles. The molecule has 2 heterocycles. The predicted molar refractivity (Wildman–Crippen MR) is 168 cm³/mol. The van der Waals surface area contributed by atoms with Crippen LogP contribution in [-0.4, -0.2) is 33.6 Å². The van der Waals surface area contributed by atoms with Gasteiger partial charge in [0, 0.05) is 5.75 Å². The molecular weight excluding hydrogens is 567 g/mol. The molecule has 1 amide bonds. The van der Waals surface area contributed by atoms with Crippen LogP contribution in [-0.2, 0) is 15.3 Å². The molecule has 1 unspecified atom stereocenters. The van der Waals surface area contributed by atoms with Crippen molar-refractivity contribution in [2.75, 3.05) is 11.5 Å². The number of anilines is 1. The predicted octanol–water partition coefficient (Wildman–Crippen LogP) is 7.44. The Kier molecular flexibility index (Phi) is 9.51. The number of nitrogens with zero attached hydrogens (tertiary/aromatic N) is 3. The number of carbonyl (C=O) groups is 2. The normalized spacial score (nSPS) is 15.3. The van der Waals surface area contributed by atoms with Crippen molar-refractivity contribution in [1.82, 2.24) is 10.2 Å². The molecule has 4 aromatic rings. The van der Waals surface area contributed by atoms with E-state index in [2.05, 4.69) is 24.0 Å². The lowest BCUT2D eigenvalue weighted by molar-refractivity contribution is -0.117. The van der Waals surface area contributed by atoms with Gasteiger partial charge in [0.25, 0.3) is 5.91 Å². The highest BCUT2D eigenvalue weighted by Gasteiger charge is 2.45. The summed E-state index contributed by atoms with van der Waals surface area (Å²) in [7, 11) is 0. The van der Waals surface area contributed by atoms with Gasteiger partial charge in [-0.3, -0.25) is 14.5 Å². The van der Waals surface area contributed by atoms with Gasteiger partial charge < -0.3 is 9.84 Å². The number of benzene rings is 3. The number of hydrogen-bond acceptors (Lipinski definition) is 8. The van der Waals surface area contributed by atoms with Crippen molar-refractivity contribution in [3.8, 4) is 5.75 Å². The van der Waals surface area contributed by atoms with Crippen molar-refractivity contribution >= 4 is 46.0 Å². The van der Waals surface area contributed by atoms with Crippen LogP contribution in [0.2, 0.25) is 0 Å². The van der Waals surface area contributed by atoms with Gasteiger partial charge in [0.1, 0.15) is 5.75 Å². The molecule has 1 aliphatic heterocycles. The second kappa shape index (κ2) is 13.6. The third kappa shape index (κ3) is 6.98. The first-order chi connectivity index (χ1) is 20.4. The molecule has 1 atom stereocenters. The van der Waals surface area contributed by atoms with E-state index < -0.39 is 23.5 Å². The minimum Gasteiger partial charge on any atom is -0.503 e. The van der Waals surface area contributed by atoms with Gasteiger partial charge in [-0.1, -0.05) is 116 Å². The highest BCUT2D eigenvalue weighted by molar-refractivity contribution is 8.00. The maximum atomic E-state index is 13.6. The Morgan fingerprint density at radius 3 is 2.52 bits per heavy atom. The Morgan fingerprint density at radius 2 is 1.79 bits per heavy atom. The highest BCUT2D eigenvalue weighted by atomic mass is 32.2. The van der Waals surface area contributed by atoms with E-state index >= 15 is 0 Å². The molecule has 9 heteroatoms. The fourth-order valence-electron chi connectivity index (χ4n) is 4.46. The number of aliphatic hydroxyl groups excluding tert-OH is 1. The van der Waals surface area contributed by atoms with Crippen LogP contribution in [0.25, 0.3) is 6.08 Å². The molecule has 1 aliphatic rings. The van der Waals surface area contributed by atoms with Crippen LogP contribution in [0.5, 0.6) is 5.75 Å². The minimum absolute atomic E-state index is 0.0137. The lowest BCUT2D eigenvalue weighted by atomic mass is 9.95. The Morgan fingerprint density at radius 1 is 1.05 bits per heavy atom. The van der Waals surface area contributed by atoms with Crippen LogP contribution in [0, 0.1) is 5.92 Å². The van der Waals surface area contributed by atoms with Crippen molar-refractivity contribution in [1.29, 1.82) is 0 Å². The highest BCUT2D eigenvalue weighted by Crippen LogP contribution is 2.44. The number of ether oxygens (including phenoxy) is 1. The molecule has 0 radical (unpaired) electrons. The molecule has 0 spiro atoms. The number of aliphatic hydroxyl groups is 1. The number of thioether (sulfide) groups is 1. The van der Waals surface area contributed by atoms with Crippen molar-refractivity contribution in [2.45, 2.75) is 36.4 Å². The molecule has 214 valence electrons. The molecule has 3 aromatic carbocycles. The number of ketones is 1. The van der Waals surface area contributed by atoms with Crippen LogP contribution in [0.15, 0.2) is 107 Å². The summed E-state index contributed by atoms with van der Waals surface area (Å²) in [5, 5.41) is 20.0. The van der Waals surface area contributed by atoms with E-state index in [1.807, 2.05) is 84.9 Å². The first-order valence-electron chi connectivity index (χ1n) is 13.7. The van der Waals surface area contributed by atoms with Crippen LogP contribution < -0.4 is 9.64 Å². The van der Waals surface area contributed by atoms with Crippen LogP contribution in [0.1, 0.15) is 43.0 Å². The van der Waals surface area contributed by atoms with Crippen molar-refractivity contribution in [3.63, 3.8) is 0 Å². The Bertz CT molecular complexity index is 1600. The zero-order valence-corrected chi connectivity index (χ0v) is 25.0. The first kappa shape index (κ1) is 29.3. The van der Waals surface area contributed by atoms with Gasteiger partial charge in [-0.05, 0) is 47.2 Å². The summed E-state index contributed by atoms with van der Waals surface area (Å²) in [6, 6.07) is 25.8. The van der Waals surface area contributed by atoms with Gasteiger partial charge in [-0.15, -0.1) is 10.2 Å². The monoisotopic (exact) mass is 597 g/mol. The summed E-state index contributed by atoms with van der Waals surface area (Å²) < 4.78 is 6.66. The van der Waals surface area contributed by atoms with E-state index in [-0.39, 0.29) is 5.57 Å². The molecule has 0 fully saturated rings. The molecule has 0 saturated carbocycles. The lowest BCUT2D eigenvalue weighted by Crippen LogP contribution is -2.30. The number of amides is 1. The van der Waals surface area contributed by atoms with Crippen LogP contribution >= 0.6 is 23.1 Å². The Balaban J connectivity index is 1.47. The van der Waals surface area contributed by atoms with Crippen LogP contribution in [0.4, 0.5) is 5.13 Å². The number of rotatable bonds is 12. The van der Waals surface area contributed by atoms with E-state index in [0.29, 0.717) is 39.1 Å². The number of allylic oxidation sites excluding steroid dienone is 1. The van der Waals surface area contributed by atoms with Gasteiger partial charge >= 0.3 is 0 Å². The third-order valence-corrected chi connectivity index (χ3v) is 8.77. The smallest absolute Gasteiger partial charge is 0.296 e. The summed E-state index contributed by atoms with van der Waals surface area (Å²) in [5.74, 6) is 0.0467. The molecule has 42 heavy (non-hydrogen) atoms. The Hall–Kier alpha value is -4.21. The van der Waals surface area contributed by atoms with E-state index in [4.69, 9.17) is 4.74 Å². The average Bonchev–Trinajstić information content (AvgIpc) is 3.57. The van der Waals surface area contributed by atoms with E-state index in [1.165, 1.54) is 34.1 Å². The fraction of sp³-hybridized carbons (Fsp3) is 0.212. The van der Waals surface area contributed by atoms with Gasteiger partial charge in [0.15, 0.2) is 15.9 Å². The zero-order chi connectivity index (χ0) is 29.5. The van der Waals surface area contributed by atoms with E-state index in [1.54, 1.807) is 6.08 Å². The maximum Gasteiger partial charge on any atom is 0.296 e. The molecule has 0 saturated heterocycles. The standard InChI is InChI=1S/C33H31N3O4S2/c1-22(2)18-19-40-26-15-9-14-25(20-26)29-28(27(37)17-16-23-10-5-3-6-11-23)30(38)31(39)36(29)32-34-35-33(42-32)41-21-24-12-7-4-8-13-24/h3-17,20,22,29,38H,18-19,21H2,1-2H3/b17-16+. The van der Waals surface area contributed by atoms with Gasteiger partial charge in [0.2, 0.25) is 5.13 Å². The first-order valence-corrected chi connectivity index (χ1v) is 15.5.